The minimum absolute atomic E-state index is 0.128. The Hall–Kier alpha value is -2.38. The highest BCUT2D eigenvalue weighted by Gasteiger charge is 2.34. The fourth-order valence-electron chi connectivity index (χ4n) is 3.81. The maximum absolute atomic E-state index is 12.6. The normalized spacial score (nSPS) is 23.0. The summed E-state index contributed by atoms with van der Waals surface area (Å²) in [6.45, 7) is 3.36. The molecule has 1 aliphatic carbocycles. The number of carbonyl (C=O) groups is 2. The van der Waals surface area contributed by atoms with Gasteiger partial charge in [-0.3, -0.25) is 9.59 Å². The molecular weight excluding hydrogens is 561 g/mol. The Labute approximate surface area is 211 Å². The van der Waals surface area contributed by atoms with E-state index in [9.17, 15) is 9.59 Å². The second-order valence-electron chi connectivity index (χ2n) is 7.85. The van der Waals surface area contributed by atoms with Crippen LogP contribution in [-0.4, -0.2) is 82.7 Å². The standard InChI is InChI=1S/C21H25ClIN7O3/c1-24-18(31)12-33-17-10-13-9-14(3-4-16(13)28(2)20(17)32)26-19-15(22)11-25-21(27-19)29-5-7-30(23)8-6-29/h3-4,9-11,13,16H,5-8,12H2,1-2H3,(H,24,31)(H,25,26,27). The summed E-state index contributed by atoms with van der Waals surface area (Å²) >= 11 is 8.70. The number of hydrogen-bond donors (Lipinski definition) is 2. The van der Waals surface area contributed by atoms with Crippen LogP contribution in [0.1, 0.15) is 0 Å². The van der Waals surface area contributed by atoms with Gasteiger partial charge in [0, 0.05) is 74.8 Å². The van der Waals surface area contributed by atoms with Gasteiger partial charge in [-0.05, 0) is 12.2 Å². The van der Waals surface area contributed by atoms with E-state index in [1.165, 1.54) is 7.05 Å². The lowest BCUT2D eigenvalue weighted by atomic mass is 9.89. The van der Waals surface area contributed by atoms with Crippen LogP contribution in [0.2, 0.25) is 5.02 Å². The molecule has 3 heterocycles. The van der Waals surface area contributed by atoms with Gasteiger partial charge in [-0.15, -0.1) is 0 Å². The topological polar surface area (TPSA) is 103 Å². The van der Waals surface area contributed by atoms with E-state index in [4.69, 9.17) is 16.3 Å². The van der Waals surface area contributed by atoms with Crippen LogP contribution in [0.4, 0.5) is 11.8 Å². The van der Waals surface area contributed by atoms with Crippen molar-refractivity contribution in [3.63, 3.8) is 0 Å². The van der Waals surface area contributed by atoms with Crippen molar-refractivity contribution in [1.82, 2.24) is 23.3 Å². The van der Waals surface area contributed by atoms with Crippen LogP contribution in [0.3, 0.4) is 0 Å². The third-order valence-corrected chi connectivity index (χ3v) is 6.94. The molecule has 10 nitrogen and oxygen atoms in total. The molecule has 4 rings (SSSR count). The first kappa shape index (κ1) is 23.8. The van der Waals surface area contributed by atoms with E-state index < -0.39 is 0 Å². The summed E-state index contributed by atoms with van der Waals surface area (Å²) in [4.78, 5) is 36.9. The number of amides is 2. The van der Waals surface area contributed by atoms with Crippen molar-refractivity contribution in [2.45, 2.75) is 6.04 Å². The van der Waals surface area contributed by atoms with Crippen LogP contribution in [0.15, 0.2) is 42.0 Å². The Morgan fingerprint density at radius 3 is 2.79 bits per heavy atom. The van der Waals surface area contributed by atoms with Gasteiger partial charge in [-0.25, -0.2) is 8.10 Å². The molecule has 0 saturated carbocycles. The molecule has 1 saturated heterocycles. The molecule has 2 aliphatic heterocycles. The molecule has 176 valence electrons. The van der Waals surface area contributed by atoms with Gasteiger partial charge in [0.25, 0.3) is 11.8 Å². The lowest BCUT2D eigenvalue weighted by Crippen LogP contribution is -2.45. The molecule has 2 N–H and O–H groups in total. The minimum Gasteiger partial charge on any atom is -0.478 e. The summed E-state index contributed by atoms with van der Waals surface area (Å²) in [7, 11) is 3.24. The van der Waals surface area contributed by atoms with Gasteiger partial charge in [0.1, 0.15) is 5.02 Å². The summed E-state index contributed by atoms with van der Waals surface area (Å²) in [6, 6.07) is -0.142. The number of fused-ring (bicyclic) bond motifs is 1. The second kappa shape index (κ2) is 10.3. The predicted molar refractivity (Wildman–Crippen MR) is 134 cm³/mol. The number of likely N-dealkylation sites (N-methyl/N-ethyl adjacent to an activating group) is 2. The molecule has 3 aliphatic rings. The Balaban J connectivity index is 1.51. The maximum atomic E-state index is 12.6. The number of rotatable bonds is 6. The SMILES string of the molecule is CNC(=O)COC1=CC2C=C(Nc3nc(N4CCN(I)CC4)ncc3Cl)C=CC2N(C)C1=O. The number of nitrogens with zero attached hydrogens (tertiary/aromatic N) is 5. The van der Waals surface area contributed by atoms with Crippen LogP contribution in [0.25, 0.3) is 0 Å². The maximum Gasteiger partial charge on any atom is 0.288 e. The molecule has 12 heteroatoms. The number of ether oxygens (including phenoxy) is 1. The number of halogens is 2. The molecule has 33 heavy (non-hydrogen) atoms. The van der Waals surface area contributed by atoms with Gasteiger partial charge < -0.3 is 25.2 Å². The van der Waals surface area contributed by atoms with Crippen LogP contribution in [-0.2, 0) is 14.3 Å². The van der Waals surface area contributed by atoms with Crippen molar-refractivity contribution in [2.75, 3.05) is 57.1 Å². The second-order valence-corrected chi connectivity index (χ2v) is 9.62. The molecule has 2 unspecified atom stereocenters. The molecule has 0 aromatic carbocycles. The number of carbonyl (C=O) groups excluding carboxylic acids is 2. The number of allylic oxidation sites excluding steroid dienone is 1. The van der Waals surface area contributed by atoms with Gasteiger partial charge in [-0.1, -0.05) is 23.8 Å². The van der Waals surface area contributed by atoms with E-state index >= 15 is 0 Å². The van der Waals surface area contributed by atoms with Crippen molar-refractivity contribution in [3.05, 3.63) is 47.0 Å². The van der Waals surface area contributed by atoms with E-state index in [2.05, 4.69) is 51.5 Å². The molecule has 1 aromatic rings. The average Bonchev–Trinajstić information content (AvgIpc) is 2.82. The molecule has 0 bridgehead atoms. The largest absolute Gasteiger partial charge is 0.478 e. The number of hydrogen-bond acceptors (Lipinski definition) is 8. The first-order valence-electron chi connectivity index (χ1n) is 10.5. The van der Waals surface area contributed by atoms with Gasteiger partial charge in [0.2, 0.25) is 5.95 Å². The fourth-order valence-corrected chi connectivity index (χ4v) is 4.38. The average molecular weight is 586 g/mol. The van der Waals surface area contributed by atoms with Crippen molar-refractivity contribution in [2.24, 2.45) is 5.92 Å². The number of nitrogens with one attached hydrogen (secondary N) is 2. The van der Waals surface area contributed by atoms with Gasteiger partial charge in [0.15, 0.2) is 18.2 Å². The number of anilines is 2. The van der Waals surface area contributed by atoms with Crippen molar-refractivity contribution in [1.29, 1.82) is 0 Å². The lowest BCUT2D eigenvalue weighted by molar-refractivity contribution is -0.134. The summed E-state index contributed by atoms with van der Waals surface area (Å²) < 4.78 is 7.70. The molecule has 2 atom stereocenters. The van der Waals surface area contributed by atoms with Crippen molar-refractivity contribution >= 4 is 58.0 Å². The number of piperazine rings is 1. The third-order valence-electron chi connectivity index (χ3n) is 5.70. The van der Waals surface area contributed by atoms with Gasteiger partial charge >= 0.3 is 0 Å². The fraction of sp³-hybridized carbons (Fsp3) is 0.429. The molecule has 1 fully saturated rings. The number of aromatic nitrogens is 2. The predicted octanol–water partition coefficient (Wildman–Crippen LogP) is 1.57. The zero-order valence-electron chi connectivity index (χ0n) is 18.3. The minimum atomic E-state index is -0.302. The zero-order valence-corrected chi connectivity index (χ0v) is 21.2. The van der Waals surface area contributed by atoms with Crippen LogP contribution in [0.5, 0.6) is 0 Å². The smallest absolute Gasteiger partial charge is 0.288 e. The highest BCUT2D eigenvalue weighted by atomic mass is 127. The van der Waals surface area contributed by atoms with Crippen LogP contribution >= 0.6 is 34.5 Å². The van der Waals surface area contributed by atoms with E-state index in [-0.39, 0.29) is 36.1 Å². The first-order valence-corrected chi connectivity index (χ1v) is 11.9. The summed E-state index contributed by atoms with van der Waals surface area (Å²) in [5.41, 5.74) is 0.796. The Morgan fingerprint density at radius 2 is 2.06 bits per heavy atom. The molecular formula is C21H25ClIN7O3. The van der Waals surface area contributed by atoms with Crippen LogP contribution in [0, 0.1) is 5.92 Å². The molecule has 1 aromatic heterocycles. The van der Waals surface area contributed by atoms with E-state index in [1.54, 1.807) is 24.2 Å². The third kappa shape index (κ3) is 5.41. The van der Waals surface area contributed by atoms with Crippen LogP contribution < -0.4 is 15.5 Å². The Kier molecular flexibility index (Phi) is 7.39. The monoisotopic (exact) mass is 585 g/mol. The van der Waals surface area contributed by atoms with E-state index in [0.29, 0.717) is 16.8 Å². The Morgan fingerprint density at radius 1 is 1.30 bits per heavy atom. The van der Waals surface area contributed by atoms with Gasteiger partial charge in [-0.2, -0.15) is 4.98 Å². The van der Waals surface area contributed by atoms with E-state index in [0.717, 1.165) is 31.9 Å². The molecule has 0 spiro atoms. The summed E-state index contributed by atoms with van der Waals surface area (Å²) in [5, 5.41) is 6.18. The summed E-state index contributed by atoms with van der Waals surface area (Å²) in [6.07, 6.45) is 9.20. The quantitative estimate of drug-likeness (QED) is 0.383. The Bertz CT molecular complexity index is 1020. The first-order chi connectivity index (χ1) is 15.9. The van der Waals surface area contributed by atoms with Crippen molar-refractivity contribution in [3.8, 4) is 0 Å². The molecule has 0 radical (unpaired) electrons. The summed E-state index contributed by atoms with van der Waals surface area (Å²) in [5.74, 6) is 0.626. The van der Waals surface area contributed by atoms with E-state index in [1.807, 2.05) is 18.2 Å². The molecule has 2 amide bonds. The highest BCUT2D eigenvalue weighted by molar-refractivity contribution is 14.1. The lowest BCUT2D eigenvalue weighted by Gasteiger charge is -2.36. The van der Waals surface area contributed by atoms with Gasteiger partial charge in [0.05, 0.1) is 12.2 Å². The highest BCUT2D eigenvalue weighted by Crippen LogP contribution is 2.31. The van der Waals surface area contributed by atoms with Crippen molar-refractivity contribution < 1.29 is 14.3 Å². The zero-order chi connectivity index (χ0) is 23.5.